The molecule has 0 saturated carbocycles. The number of carbonyl (C=O) groups excluding carboxylic acids is 2. The van der Waals surface area contributed by atoms with Gasteiger partial charge in [0.25, 0.3) is 0 Å². The predicted octanol–water partition coefficient (Wildman–Crippen LogP) is 4.05. The van der Waals surface area contributed by atoms with Crippen LogP contribution in [0, 0.1) is 0 Å². The maximum Gasteiger partial charge on any atom is 0.471 e. The number of carbonyl (C=O) groups is 2. The second-order valence-corrected chi connectivity index (χ2v) is 5.74. The van der Waals surface area contributed by atoms with Crippen molar-refractivity contribution in [3.8, 4) is 0 Å². The molecular formula is C19H26F3NO3. The van der Waals surface area contributed by atoms with Gasteiger partial charge in [0.05, 0.1) is 6.61 Å². The third kappa shape index (κ3) is 6.35. The van der Waals surface area contributed by atoms with Gasteiger partial charge in [0.2, 0.25) is 0 Å². The molecule has 0 spiro atoms. The van der Waals surface area contributed by atoms with Gasteiger partial charge < -0.3 is 9.64 Å². The Bertz CT molecular complexity index is 615. The van der Waals surface area contributed by atoms with E-state index in [4.69, 9.17) is 4.74 Å². The Kier molecular flexibility index (Phi) is 8.61. The molecule has 1 aliphatic rings. The first-order valence-corrected chi connectivity index (χ1v) is 8.93. The van der Waals surface area contributed by atoms with E-state index in [1.807, 2.05) is 32.0 Å². The number of nitrogens with zero attached hydrogens (tertiary/aromatic N) is 1. The molecule has 0 atom stereocenters. The van der Waals surface area contributed by atoms with E-state index in [9.17, 15) is 22.8 Å². The van der Waals surface area contributed by atoms with E-state index in [0.29, 0.717) is 32.3 Å². The summed E-state index contributed by atoms with van der Waals surface area (Å²) >= 11 is 0. The highest BCUT2D eigenvalue weighted by atomic mass is 19.4. The van der Waals surface area contributed by atoms with Crippen LogP contribution in [0.5, 0.6) is 0 Å². The first-order valence-electron chi connectivity index (χ1n) is 8.93. The number of hydrogen-bond donors (Lipinski definition) is 0. The van der Waals surface area contributed by atoms with Crippen LogP contribution in [0.1, 0.15) is 50.3 Å². The maximum absolute atomic E-state index is 12.6. The molecule has 0 N–H and O–H groups in total. The van der Waals surface area contributed by atoms with Crippen LogP contribution in [-0.2, 0) is 33.7 Å². The van der Waals surface area contributed by atoms with Crippen LogP contribution >= 0.6 is 0 Å². The highest BCUT2D eigenvalue weighted by Gasteiger charge is 2.43. The molecule has 1 aromatic rings. The minimum Gasteiger partial charge on any atom is -0.466 e. The highest BCUT2D eigenvalue weighted by Crippen LogP contribution is 2.26. The Balaban J connectivity index is 0.00000163. The second kappa shape index (κ2) is 10.2. The minimum absolute atomic E-state index is 0.0284. The van der Waals surface area contributed by atoms with Gasteiger partial charge in [-0.15, -0.1) is 0 Å². The van der Waals surface area contributed by atoms with Gasteiger partial charge in [0.1, 0.15) is 0 Å². The zero-order valence-electron chi connectivity index (χ0n) is 15.5. The third-order valence-corrected chi connectivity index (χ3v) is 3.96. The standard InChI is InChI=1S/C17H20F3NO3.C2H6/c1-2-24-15(22)5-3-4-12-6-7-13-8-9-21(11-14(13)10-12)16(23)17(18,19)20;1-2/h6-7,10H,2-5,8-9,11H2,1H3;1-2H3. The van der Waals surface area contributed by atoms with Gasteiger partial charge >= 0.3 is 18.1 Å². The lowest BCUT2D eigenvalue weighted by molar-refractivity contribution is -0.186. The fourth-order valence-electron chi connectivity index (χ4n) is 2.79. The van der Waals surface area contributed by atoms with Crippen LogP contribution in [-0.4, -0.2) is 36.1 Å². The number of esters is 1. The molecule has 0 aliphatic carbocycles. The van der Waals surface area contributed by atoms with Crippen molar-refractivity contribution < 1.29 is 27.5 Å². The zero-order chi connectivity index (χ0) is 19.7. The van der Waals surface area contributed by atoms with Gasteiger partial charge in [-0.1, -0.05) is 32.0 Å². The molecule has 7 heteroatoms. The zero-order valence-corrected chi connectivity index (χ0v) is 15.5. The summed E-state index contributed by atoms with van der Waals surface area (Å²) in [4.78, 5) is 23.5. The first kappa shape index (κ1) is 22.0. The van der Waals surface area contributed by atoms with Crippen molar-refractivity contribution in [3.05, 3.63) is 34.9 Å². The lowest BCUT2D eigenvalue weighted by atomic mass is 9.95. The molecule has 146 valence electrons. The van der Waals surface area contributed by atoms with E-state index < -0.39 is 12.1 Å². The molecule has 1 aliphatic heterocycles. The third-order valence-electron chi connectivity index (χ3n) is 3.96. The molecule has 1 amide bonds. The number of fused-ring (bicyclic) bond motifs is 1. The average molecular weight is 373 g/mol. The topological polar surface area (TPSA) is 46.6 Å². The van der Waals surface area contributed by atoms with Crippen molar-refractivity contribution in [1.82, 2.24) is 4.90 Å². The highest BCUT2D eigenvalue weighted by molar-refractivity contribution is 5.82. The van der Waals surface area contributed by atoms with Crippen LogP contribution in [0.25, 0.3) is 0 Å². The molecule has 0 aromatic heterocycles. The van der Waals surface area contributed by atoms with Crippen LogP contribution < -0.4 is 0 Å². The van der Waals surface area contributed by atoms with Crippen molar-refractivity contribution in [3.63, 3.8) is 0 Å². The van der Waals surface area contributed by atoms with E-state index in [2.05, 4.69) is 0 Å². The molecule has 1 aromatic carbocycles. The van der Waals surface area contributed by atoms with Gasteiger partial charge in [-0.25, -0.2) is 0 Å². The van der Waals surface area contributed by atoms with Crippen molar-refractivity contribution in [1.29, 1.82) is 0 Å². The molecule has 26 heavy (non-hydrogen) atoms. The van der Waals surface area contributed by atoms with Gasteiger partial charge in [0, 0.05) is 19.5 Å². The van der Waals surface area contributed by atoms with Crippen molar-refractivity contribution >= 4 is 11.9 Å². The van der Waals surface area contributed by atoms with Crippen molar-refractivity contribution in [2.45, 2.75) is 59.2 Å². The number of amides is 1. The molecule has 0 bridgehead atoms. The molecule has 0 radical (unpaired) electrons. The largest absolute Gasteiger partial charge is 0.471 e. The van der Waals surface area contributed by atoms with E-state index in [-0.39, 0.29) is 19.1 Å². The normalized spacial score (nSPS) is 13.4. The number of ether oxygens (including phenoxy) is 1. The van der Waals surface area contributed by atoms with Crippen LogP contribution in [0.2, 0.25) is 0 Å². The van der Waals surface area contributed by atoms with Crippen LogP contribution in [0.4, 0.5) is 13.2 Å². The summed E-state index contributed by atoms with van der Waals surface area (Å²) in [6.07, 6.45) is -2.86. The fourth-order valence-corrected chi connectivity index (χ4v) is 2.79. The summed E-state index contributed by atoms with van der Waals surface area (Å²) in [7, 11) is 0. The van der Waals surface area contributed by atoms with Gasteiger partial charge in [-0.05, 0) is 42.9 Å². The van der Waals surface area contributed by atoms with Crippen LogP contribution in [0.15, 0.2) is 18.2 Å². The van der Waals surface area contributed by atoms with E-state index >= 15 is 0 Å². The van der Waals surface area contributed by atoms with Gasteiger partial charge in [-0.2, -0.15) is 13.2 Å². The summed E-state index contributed by atoms with van der Waals surface area (Å²) in [5.74, 6) is -2.04. The number of alkyl halides is 3. The molecule has 0 saturated heterocycles. The minimum atomic E-state index is -4.84. The quantitative estimate of drug-likeness (QED) is 0.732. The Hall–Kier alpha value is -2.05. The monoisotopic (exact) mass is 373 g/mol. The lowest BCUT2D eigenvalue weighted by Crippen LogP contribution is -2.43. The Morgan fingerprint density at radius 1 is 1.19 bits per heavy atom. The maximum atomic E-state index is 12.6. The molecular weight excluding hydrogens is 347 g/mol. The van der Waals surface area contributed by atoms with Crippen molar-refractivity contribution in [2.24, 2.45) is 0 Å². The fraction of sp³-hybridized carbons (Fsp3) is 0.579. The van der Waals surface area contributed by atoms with E-state index in [0.717, 1.165) is 21.6 Å². The Labute approximate surface area is 152 Å². The second-order valence-electron chi connectivity index (χ2n) is 5.74. The smallest absolute Gasteiger partial charge is 0.466 e. The number of benzene rings is 1. The Morgan fingerprint density at radius 2 is 1.88 bits per heavy atom. The molecule has 2 rings (SSSR count). The summed E-state index contributed by atoms with van der Waals surface area (Å²) < 4.78 is 42.5. The first-order chi connectivity index (χ1) is 12.3. The predicted molar refractivity (Wildman–Crippen MR) is 92.5 cm³/mol. The average Bonchev–Trinajstić information content (AvgIpc) is 2.61. The van der Waals surface area contributed by atoms with Crippen LogP contribution in [0.3, 0.4) is 0 Å². The van der Waals surface area contributed by atoms with Crippen molar-refractivity contribution in [2.75, 3.05) is 13.2 Å². The molecule has 4 nitrogen and oxygen atoms in total. The number of halogens is 3. The summed E-state index contributed by atoms with van der Waals surface area (Å²) in [6, 6.07) is 5.64. The molecule has 0 unspecified atom stereocenters. The van der Waals surface area contributed by atoms with Gasteiger partial charge in [0.15, 0.2) is 0 Å². The SMILES string of the molecule is CC.CCOC(=O)CCCc1ccc2c(c1)CN(C(=O)C(F)(F)F)CC2. The summed E-state index contributed by atoms with van der Waals surface area (Å²) in [5.41, 5.74) is 2.65. The van der Waals surface area contributed by atoms with E-state index in [1.54, 1.807) is 6.92 Å². The number of aryl methyl sites for hydroxylation is 1. The number of rotatable bonds is 5. The molecule has 0 fully saturated rings. The van der Waals surface area contributed by atoms with Gasteiger partial charge in [-0.3, -0.25) is 9.59 Å². The molecule has 1 heterocycles. The lowest BCUT2D eigenvalue weighted by Gasteiger charge is -2.29. The number of hydrogen-bond acceptors (Lipinski definition) is 3. The van der Waals surface area contributed by atoms with E-state index in [1.165, 1.54) is 0 Å². The summed E-state index contributed by atoms with van der Waals surface area (Å²) in [5, 5.41) is 0. The summed E-state index contributed by atoms with van der Waals surface area (Å²) in [6.45, 7) is 6.14. The Morgan fingerprint density at radius 3 is 2.50 bits per heavy atom.